The van der Waals surface area contributed by atoms with Crippen molar-refractivity contribution >= 4 is 488 Å². The van der Waals surface area contributed by atoms with E-state index in [2.05, 4.69) is 354 Å². The van der Waals surface area contributed by atoms with Gasteiger partial charge in [-0.15, -0.1) is 0 Å². The molecule has 0 atom stereocenters. The van der Waals surface area contributed by atoms with Crippen molar-refractivity contribution in [2.24, 2.45) is 0 Å². The first-order chi connectivity index (χ1) is 16.3. The van der Waals surface area contributed by atoms with Crippen molar-refractivity contribution < 1.29 is 0 Å². The molecule has 0 spiro atoms. The van der Waals surface area contributed by atoms with Crippen LogP contribution in [0, 0.1) is 0 Å². The van der Waals surface area contributed by atoms with Crippen LogP contribution >= 0.6 is 488 Å². The monoisotopic (exact) mass is 4570 g/mol. The minimum absolute atomic E-state index is 0.443. The van der Waals surface area contributed by atoms with Crippen molar-refractivity contribution in [3.8, 4) is 0 Å². The Bertz CT molecular complexity index is 525. The SMILES string of the molecule is II(I)I(I)I(I)I(I)I(I)I(I)I(I)I(I)I(I)I(I)I(I)I(I)I(I)I(I)I(I)I(I)I(I)I. The Hall–Kier alpha value is 26.3. The Morgan fingerprint density at radius 1 is 0.139 bits per heavy atom. The van der Waals surface area contributed by atoms with Gasteiger partial charge in [0.15, 0.2) is 0 Å². The maximum absolute atomic E-state index is 3.32. The van der Waals surface area contributed by atoms with Gasteiger partial charge in [-0.05, 0) is 0 Å². The standard InChI is InChI=1S/I36/c1-20(2)22(5)24(7)26(9)28(11)30(13)32(15)34(17)36(19)35(18)33(16)31(14)29(12)27(10)25(8)23(6)21(3)4. The van der Waals surface area contributed by atoms with E-state index in [9.17, 15) is 0 Å². The summed E-state index contributed by atoms with van der Waals surface area (Å²) in [7, 11) is -8.33. The van der Waals surface area contributed by atoms with Crippen molar-refractivity contribution in [1.82, 2.24) is 0 Å². The van der Waals surface area contributed by atoms with E-state index in [0.717, 1.165) is 0 Å². The fraction of sp³-hybridized carbons (Fsp3) is 0. The number of halogens is 36. The van der Waals surface area contributed by atoms with E-state index in [-0.39, 0.29) is 0 Å². The third-order valence-corrected chi connectivity index (χ3v) is 2640. The predicted molar refractivity (Wildman–Crippen MR) is 505 cm³/mol. The van der Waals surface area contributed by atoms with Crippen LogP contribution in [0.3, 0.4) is 0 Å². The maximum atomic E-state index is 3.32. The average Bonchev–Trinajstić information content (AvgIpc) is 2.85. The summed E-state index contributed by atoms with van der Waals surface area (Å²) in [5.41, 5.74) is 0. The topological polar surface area (TPSA) is 0 Å². The van der Waals surface area contributed by atoms with Gasteiger partial charge in [0.1, 0.15) is 0 Å². The molecule has 0 bridgehead atoms. The number of hydrogen-bond acceptors (Lipinski definition) is 0. The van der Waals surface area contributed by atoms with Crippen molar-refractivity contribution in [3.05, 3.63) is 0 Å². The summed E-state index contributed by atoms with van der Waals surface area (Å²) in [5.74, 6) is 0. The third-order valence-electron chi connectivity index (χ3n) is 1.31. The summed E-state index contributed by atoms with van der Waals surface area (Å²) in [6.45, 7) is 0. The van der Waals surface area contributed by atoms with Crippen LogP contribution in [0.15, 0.2) is 0 Å². The molecular formula is I36. The van der Waals surface area contributed by atoms with Crippen molar-refractivity contribution in [2.45, 2.75) is 0 Å². The van der Waals surface area contributed by atoms with Crippen LogP contribution in [0.25, 0.3) is 0 Å². The summed E-state index contributed by atoms with van der Waals surface area (Å²) >= 11 is 60.6. The van der Waals surface area contributed by atoms with Gasteiger partial charge < -0.3 is 0 Å². The Morgan fingerprint density at radius 3 is 0.306 bits per heavy atom. The van der Waals surface area contributed by atoms with Gasteiger partial charge in [-0.2, -0.15) is 0 Å². The predicted octanol–water partition coefficient (Wildman–Crippen LogP) is 31.9. The zero-order chi connectivity index (χ0) is 28.8. The Morgan fingerprint density at radius 2 is 0.222 bits per heavy atom. The molecule has 0 aromatic heterocycles. The van der Waals surface area contributed by atoms with Gasteiger partial charge in [0.2, 0.25) is 0 Å². The second kappa shape index (κ2) is 37.3. The second-order valence-electron chi connectivity index (χ2n) is 2.75. The molecule has 0 unspecified atom stereocenters. The molecule has 0 aromatic rings. The first-order valence-electron chi connectivity index (χ1n) is 5.00. The van der Waals surface area contributed by atoms with Crippen molar-refractivity contribution in [3.63, 3.8) is 0 Å². The average molecular weight is 4570 g/mol. The third kappa shape index (κ3) is 26.0. The normalized spacial score (nSPS) is 18.6. The summed E-state index contributed by atoms with van der Waals surface area (Å²) in [6, 6.07) is 0. The summed E-state index contributed by atoms with van der Waals surface area (Å²) in [6.07, 6.45) is 0. The van der Waals surface area contributed by atoms with E-state index in [4.69, 9.17) is 0 Å². The molecule has 0 aliphatic carbocycles. The molecule has 36 heteroatoms. The van der Waals surface area contributed by atoms with E-state index in [1.807, 2.05) is 0 Å². The molecule has 0 saturated heterocycles. The molecule has 0 radical (unpaired) electrons. The fourth-order valence-electron chi connectivity index (χ4n) is 0.463. The van der Waals surface area contributed by atoms with Gasteiger partial charge in [0.25, 0.3) is 0 Å². The van der Waals surface area contributed by atoms with Crippen LogP contribution in [0.4, 0.5) is 0 Å². The summed E-state index contributed by atoms with van der Waals surface area (Å²) < 4.78 is 0. The van der Waals surface area contributed by atoms with Crippen LogP contribution < -0.4 is 0 Å². The van der Waals surface area contributed by atoms with E-state index in [1.54, 1.807) is 0 Å². The second-order valence-corrected chi connectivity index (χ2v) is 831. The van der Waals surface area contributed by atoms with Gasteiger partial charge in [-0.25, -0.2) is 0 Å². The molecule has 0 saturated carbocycles. The van der Waals surface area contributed by atoms with Crippen LogP contribution in [-0.2, 0) is 0 Å². The summed E-state index contributed by atoms with van der Waals surface area (Å²) in [5, 5.41) is 0. The molecule has 0 heterocycles. The Kier molecular flexibility index (Phi) is 64.5. The molecule has 0 amide bonds. The van der Waals surface area contributed by atoms with Crippen molar-refractivity contribution in [2.75, 3.05) is 0 Å². The molecule has 0 aliphatic rings. The number of rotatable bonds is 16. The summed E-state index contributed by atoms with van der Waals surface area (Å²) in [4.78, 5) is 0. The molecular weight excluding hydrogens is 4570 g/mol. The van der Waals surface area contributed by atoms with Gasteiger partial charge in [-0.1, -0.05) is 0 Å². The van der Waals surface area contributed by atoms with Crippen LogP contribution in [0.2, 0.25) is 0 Å². The van der Waals surface area contributed by atoms with E-state index < -0.39 is 134 Å². The van der Waals surface area contributed by atoms with Gasteiger partial charge in [-0.3, -0.25) is 0 Å². The molecule has 252 valence electrons. The van der Waals surface area contributed by atoms with E-state index >= 15 is 0 Å². The molecule has 0 fully saturated rings. The quantitative estimate of drug-likeness (QED) is 0.135. The van der Waals surface area contributed by atoms with E-state index in [1.165, 1.54) is 0 Å². The fourth-order valence-corrected chi connectivity index (χ4v) is 6290. The molecule has 0 aromatic carbocycles. The van der Waals surface area contributed by atoms with Crippen molar-refractivity contribution in [1.29, 1.82) is 0 Å². The van der Waals surface area contributed by atoms with E-state index in [0.29, 0.717) is 0 Å². The molecule has 0 N–H and O–H groups in total. The Balaban J connectivity index is 5.33. The minimum atomic E-state index is -0.522. The molecule has 0 rings (SSSR count). The first-order valence-corrected chi connectivity index (χ1v) is 225. The first kappa shape index (κ1) is 62.3. The molecule has 0 nitrogen and oxygen atoms in total. The zero-order valence-electron chi connectivity index (χ0n) is 13.6. The Labute approximate surface area is 459 Å². The van der Waals surface area contributed by atoms with Crippen LogP contribution in [0.1, 0.15) is 0 Å². The molecule has 36 heavy (non-hydrogen) atoms. The molecule has 0 aliphatic heterocycles. The zero-order valence-corrected chi connectivity index (χ0v) is 91.3. The van der Waals surface area contributed by atoms with Gasteiger partial charge in [0.05, 0.1) is 0 Å². The van der Waals surface area contributed by atoms with Crippen LogP contribution in [0.5, 0.6) is 0 Å². The van der Waals surface area contributed by atoms with Gasteiger partial charge in [0, 0.05) is 0 Å². The van der Waals surface area contributed by atoms with Crippen LogP contribution in [-0.4, -0.2) is 0 Å². The number of hydrogen-bond donors (Lipinski definition) is 0. The van der Waals surface area contributed by atoms with Gasteiger partial charge >= 0.3 is 488 Å².